The van der Waals surface area contributed by atoms with Crippen LogP contribution in [-0.2, 0) is 14.3 Å². The second-order valence-corrected chi connectivity index (χ2v) is 7.01. The molecule has 1 aromatic carbocycles. The fourth-order valence-corrected chi connectivity index (χ4v) is 3.73. The van der Waals surface area contributed by atoms with Crippen LogP contribution in [0.4, 0.5) is 0 Å². The van der Waals surface area contributed by atoms with Crippen LogP contribution < -0.4 is 5.32 Å². The van der Waals surface area contributed by atoms with Crippen molar-refractivity contribution >= 4 is 11.8 Å². The van der Waals surface area contributed by atoms with Gasteiger partial charge in [-0.2, -0.15) is 0 Å². The molecular weight excluding hydrogens is 330 g/mol. The monoisotopic (exact) mass is 359 g/mol. The molecule has 3 rings (SSSR count). The summed E-state index contributed by atoms with van der Waals surface area (Å²) in [4.78, 5) is 29.2. The molecule has 0 saturated carbocycles. The lowest BCUT2D eigenvalue weighted by molar-refractivity contribution is -0.155. The van der Waals surface area contributed by atoms with E-state index < -0.39 is 12.1 Å². The lowest BCUT2D eigenvalue weighted by Gasteiger charge is -2.36. The number of likely N-dealkylation sites (tertiary alicyclic amines) is 1. The molecule has 1 N–H and O–H groups in total. The first kappa shape index (κ1) is 18.9. The number of hydrogen-bond acceptors (Lipinski definition) is 4. The van der Waals surface area contributed by atoms with Crippen LogP contribution in [0.15, 0.2) is 30.3 Å². The van der Waals surface area contributed by atoms with Crippen LogP contribution in [0.2, 0.25) is 0 Å². The number of hydrogen-bond donors (Lipinski definition) is 1. The highest BCUT2D eigenvalue weighted by Gasteiger charge is 2.38. The zero-order chi connectivity index (χ0) is 18.4. The third-order valence-corrected chi connectivity index (χ3v) is 5.24. The molecule has 0 aliphatic carbocycles. The molecule has 1 aromatic rings. The Morgan fingerprint density at radius 3 is 2.65 bits per heavy atom. The largest absolute Gasteiger partial charge is 0.356 e. The van der Waals surface area contributed by atoms with E-state index in [0.29, 0.717) is 13.1 Å². The smallest absolute Gasteiger partial charge is 0.254 e. The van der Waals surface area contributed by atoms with Crippen molar-refractivity contribution in [2.45, 2.75) is 38.3 Å². The van der Waals surface area contributed by atoms with E-state index in [0.717, 1.165) is 25.2 Å². The van der Waals surface area contributed by atoms with E-state index in [4.69, 9.17) is 4.74 Å². The Hall–Kier alpha value is -1.92. The van der Waals surface area contributed by atoms with E-state index in [-0.39, 0.29) is 18.4 Å². The molecule has 2 fully saturated rings. The zero-order valence-corrected chi connectivity index (χ0v) is 15.5. The lowest BCUT2D eigenvalue weighted by Crippen LogP contribution is -2.54. The van der Waals surface area contributed by atoms with Gasteiger partial charge in [-0.05, 0) is 38.4 Å². The van der Waals surface area contributed by atoms with Crippen molar-refractivity contribution in [2.75, 3.05) is 39.3 Å². The van der Waals surface area contributed by atoms with Gasteiger partial charge >= 0.3 is 0 Å². The number of nitrogens with zero attached hydrogens (tertiary/aromatic N) is 2. The lowest BCUT2D eigenvalue weighted by atomic mass is 9.98. The molecule has 6 heteroatoms. The molecule has 2 aliphatic rings. The van der Waals surface area contributed by atoms with Crippen LogP contribution in [0.1, 0.15) is 37.8 Å². The van der Waals surface area contributed by atoms with Crippen LogP contribution in [0, 0.1) is 0 Å². The van der Waals surface area contributed by atoms with Gasteiger partial charge in [0.25, 0.3) is 5.91 Å². The number of rotatable bonds is 6. The van der Waals surface area contributed by atoms with Crippen molar-refractivity contribution in [3.05, 3.63) is 35.9 Å². The summed E-state index contributed by atoms with van der Waals surface area (Å²) >= 11 is 0. The van der Waals surface area contributed by atoms with Gasteiger partial charge in [-0.1, -0.05) is 36.8 Å². The molecule has 6 nitrogen and oxygen atoms in total. The van der Waals surface area contributed by atoms with Gasteiger partial charge < -0.3 is 19.9 Å². The van der Waals surface area contributed by atoms with Crippen molar-refractivity contribution in [1.29, 1.82) is 0 Å². The first-order valence-electron chi connectivity index (χ1n) is 9.66. The Balaban J connectivity index is 1.66. The number of carbonyl (C=O) groups is 2. The molecule has 0 unspecified atom stereocenters. The molecule has 0 radical (unpaired) electrons. The normalized spacial score (nSPS) is 24.1. The minimum absolute atomic E-state index is 0.0432. The van der Waals surface area contributed by atoms with E-state index in [1.54, 1.807) is 0 Å². The third kappa shape index (κ3) is 4.62. The minimum atomic E-state index is -0.670. The number of morpholine rings is 1. The molecule has 26 heavy (non-hydrogen) atoms. The first-order chi connectivity index (χ1) is 12.7. The van der Waals surface area contributed by atoms with Crippen molar-refractivity contribution in [2.24, 2.45) is 0 Å². The summed E-state index contributed by atoms with van der Waals surface area (Å²) in [7, 11) is 0. The van der Waals surface area contributed by atoms with Crippen LogP contribution in [-0.4, -0.2) is 67.0 Å². The number of amides is 2. The number of piperidine rings is 1. The van der Waals surface area contributed by atoms with Crippen LogP contribution in [0.5, 0.6) is 0 Å². The molecule has 142 valence electrons. The van der Waals surface area contributed by atoms with Crippen molar-refractivity contribution in [3.63, 3.8) is 0 Å². The fourth-order valence-electron chi connectivity index (χ4n) is 3.73. The van der Waals surface area contributed by atoms with Crippen molar-refractivity contribution in [1.82, 2.24) is 15.1 Å². The summed E-state index contributed by atoms with van der Waals surface area (Å²) in [6.07, 6.45) is 3.12. The predicted octanol–water partition coefficient (Wildman–Crippen LogP) is 1.58. The summed E-state index contributed by atoms with van der Waals surface area (Å²) in [6, 6.07) is 9.14. The van der Waals surface area contributed by atoms with Crippen molar-refractivity contribution in [3.8, 4) is 0 Å². The molecular formula is C20H29N3O3. The van der Waals surface area contributed by atoms with E-state index in [1.807, 2.05) is 42.2 Å². The van der Waals surface area contributed by atoms with Gasteiger partial charge in [0.15, 0.2) is 6.10 Å². The molecule has 2 saturated heterocycles. The third-order valence-electron chi connectivity index (χ3n) is 5.24. The summed E-state index contributed by atoms with van der Waals surface area (Å²) < 4.78 is 5.68. The molecule has 2 aliphatic heterocycles. The average molecular weight is 359 g/mol. The number of ether oxygens (including phenoxy) is 1. The van der Waals surface area contributed by atoms with Gasteiger partial charge in [0.05, 0.1) is 6.04 Å². The molecule has 0 spiro atoms. The van der Waals surface area contributed by atoms with E-state index in [9.17, 15) is 9.59 Å². The number of carbonyl (C=O) groups excluding carboxylic acids is 2. The van der Waals surface area contributed by atoms with E-state index in [2.05, 4.69) is 10.2 Å². The average Bonchev–Trinajstić information content (AvgIpc) is 2.69. The van der Waals surface area contributed by atoms with Gasteiger partial charge in [-0.15, -0.1) is 0 Å². The standard InChI is InChI=1S/C20H29N3O3/c1-2-23(14-13-22-11-7-4-8-12-22)20(25)19-18(21-17(24)15-26-19)16-9-5-3-6-10-16/h3,5-6,9-10,18-19H,2,4,7-8,11-15H2,1H3,(H,21,24)/t18-,19+/m1/s1. The van der Waals surface area contributed by atoms with Gasteiger partial charge in [0.1, 0.15) is 6.61 Å². The Bertz CT molecular complexity index is 602. The van der Waals surface area contributed by atoms with Crippen LogP contribution in [0.25, 0.3) is 0 Å². The molecule has 2 amide bonds. The van der Waals surface area contributed by atoms with Crippen LogP contribution in [0.3, 0.4) is 0 Å². The summed E-state index contributed by atoms with van der Waals surface area (Å²) in [5.41, 5.74) is 0.894. The topological polar surface area (TPSA) is 61.9 Å². The maximum absolute atomic E-state index is 13.1. The molecule has 0 aromatic heterocycles. The highest BCUT2D eigenvalue weighted by Crippen LogP contribution is 2.24. The summed E-state index contributed by atoms with van der Waals surface area (Å²) in [5, 5.41) is 2.93. The Morgan fingerprint density at radius 2 is 1.96 bits per heavy atom. The zero-order valence-electron chi connectivity index (χ0n) is 15.5. The second-order valence-electron chi connectivity index (χ2n) is 7.01. The summed E-state index contributed by atoms with van der Waals surface area (Å²) in [6.45, 7) is 6.40. The quantitative estimate of drug-likeness (QED) is 0.838. The van der Waals surface area contributed by atoms with Gasteiger partial charge in [-0.25, -0.2) is 0 Å². The predicted molar refractivity (Wildman–Crippen MR) is 99.6 cm³/mol. The number of likely N-dealkylation sites (N-methyl/N-ethyl adjacent to an activating group) is 1. The number of nitrogens with one attached hydrogen (secondary N) is 1. The highest BCUT2D eigenvalue weighted by atomic mass is 16.5. The minimum Gasteiger partial charge on any atom is -0.356 e. The Morgan fingerprint density at radius 1 is 1.23 bits per heavy atom. The molecule has 0 bridgehead atoms. The van der Waals surface area contributed by atoms with Gasteiger partial charge in [0.2, 0.25) is 5.91 Å². The highest BCUT2D eigenvalue weighted by molar-refractivity contribution is 5.86. The number of benzene rings is 1. The second kappa shape index (κ2) is 9.14. The maximum atomic E-state index is 13.1. The van der Waals surface area contributed by atoms with Crippen molar-refractivity contribution < 1.29 is 14.3 Å². The first-order valence-corrected chi connectivity index (χ1v) is 9.66. The van der Waals surface area contributed by atoms with Crippen LogP contribution >= 0.6 is 0 Å². The molecule has 2 heterocycles. The summed E-state index contributed by atoms with van der Waals surface area (Å²) in [5.74, 6) is -0.224. The molecule has 2 atom stereocenters. The SMILES string of the molecule is CCN(CCN1CCCCC1)C(=O)[C@H]1OCC(=O)N[C@@H]1c1ccccc1. The fraction of sp³-hybridized carbons (Fsp3) is 0.600. The Labute approximate surface area is 155 Å². The maximum Gasteiger partial charge on any atom is 0.254 e. The van der Waals surface area contributed by atoms with Gasteiger partial charge in [0, 0.05) is 19.6 Å². The van der Waals surface area contributed by atoms with E-state index >= 15 is 0 Å². The Kier molecular flexibility index (Phi) is 6.63. The van der Waals surface area contributed by atoms with E-state index in [1.165, 1.54) is 19.3 Å². The van der Waals surface area contributed by atoms with Gasteiger partial charge in [-0.3, -0.25) is 9.59 Å².